The molecule has 0 bridgehead atoms. The standard InChI is InChI=1S/C23H28N4O4/c1-14(2)18-7-9-19(10-8-18)27-22(30)26(24-25-27)13-17-11-15(3)20(16(4)12-17)31-23(5,6)21(28)29/h7-12,14H,13H2,1-6H3,(H,28,29). The highest BCUT2D eigenvalue weighted by molar-refractivity contribution is 5.77. The number of aliphatic carboxylic acids is 1. The fraction of sp³-hybridized carbons (Fsp3) is 0.391. The van der Waals surface area contributed by atoms with Gasteiger partial charge in [-0.1, -0.05) is 38.1 Å². The van der Waals surface area contributed by atoms with E-state index in [9.17, 15) is 14.7 Å². The Bertz CT molecular complexity index is 1130. The summed E-state index contributed by atoms with van der Waals surface area (Å²) in [6.07, 6.45) is 0. The van der Waals surface area contributed by atoms with Crippen LogP contribution in [-0.2, 0) is 11.3 Å². The highest BCUT2D eigenvalue weighted by Crippen LogP contribution is 2.29. The van der Waals surface area contributed by atoms with Crippen LogP contribution >= 0.6 is 0 Å². The summed E-state index contributed by atoms with van der Waals surface area (Å²) in [6, 6.07) is 11.4. The van der Waals surface area contributed by atoms with Crippen molar-refractivity contribution < 1.29 is 14.6 Å². The van der Waals surface area contributed by atoms with Crippen LogP contribution in [0.3, 0.4) is 0 Å². The maximum atomic E-state index is 12.8. The van der Waals surface area contributed by atoms with E-state index in [-0.39, 0.29) is 12.2 Å². The van der Waals surface area contributed by atoms with Crippen molar-refractivity contribution in [3.8, 4) is 11.4 Å². The van der Waals surface area contributed by atoms with Crippen LogP contribution in [0.15, 0.2) is 41.2 Å². The van der Waals surface area contributed by atoms with E-state index in [1.807, 2.05) is 50.2 Å². The summed E-state index contributed by atoms with van der Waals surface area (Å²) in [5, 5.41) is 17.4. The smallest absolute Gasteiger partial charge is 0.368 e. The third-order valence-electron chi connectivity index (χ3n) is 5.17. The minimum absolute atomic E-state index is 0.243. The molecule has 0 unspecified atom stereocenters. The zero-order valence-corrected chi connectivity index (χ0v) is 18.7. The predicted molar refractivity (Wildman–Crippen MR) is 117 cm³/mol. The monoisotopic (exact) mass is 424 g/mol. The van der Waals surface area contributed by atoms with Gasteiger partial charge in [-0.25, -0.2) is 9.59 Å². The van der Waals surface area contributed by atoms with Crippen LogP contribution in [0, 0.1) is 13.8 Å². The van der Waals surface area contributed by atoms with Crippen molar-refractivity contribution in [1.29, 1.82) is 0 Å². The number of carbonyl (C=O) groups is 1. The quantitative estimate of drug-likeness (QED) is 0.624. The van der Waals surface area contributed by atoms with Gasteiger partial charge in [0.2, 0.25) is 0 Å². The number of nitrogens with zero attached hydrogens (tertiary/aromatic N) is 4. The van der Waals surface area contributed by atoms with Gasteiger partial charge in [-0.2, -0.15) is 9.36 Å². The number of hydrogen-bond donors (Lipinski definition) is 1. The number of hydrogen-bond acceptors (Lipinski definition) is 5. The highest BCUT2D eigenvalue weighted by atomic mass is 16.5. The largest absolute Gasteiger partial charge is 0.478 e. The highest BCUT2D eigenvalue weighted by Gasteiger charge is 2.30. The van der Waals surface area contributed by atoms with Gasteiger partial charge >= 0.3 is 11.7 Å². The van der Waals surface area contributed by atoms with Crippen LogP contribution in [0.4, 0.5) is 0 Å². The molecule has 0 aliphatic rings. The van der Waals surface area contributed by atoms with Gasteiger partial charge in [0.15, 0.2) is 5.60 Å². The second-order valence-corrected chi connectivity index (χ2v) is 8.55. The van der Waals surface area contributed by atoms with Crippen molar-refractivity contribution in [2.24, 2.45) is 0 Å². The van der Waals surface area contributed by atoms with Gasteiger partial charge in [-0.05, 0) is 78.4 Å². The summed E-state index contributed by atoms with van der Waals surface area (Å²) in [7, 11) is 0. The van der Waals surface area contributed by atoms with Crippen LogP contribution < -0.4 is 10.4 Å². The van der Waals surface area contributed by atoms with Gasteiger partial charge in [0.1, 0.15) is 5.75 Å². The lowest BCUT2D eigenvalue weighted by Gasteiger charge is -2.24. The first-order valence-electron chi connectivity index (χ1n) is 10.2. The SMILES string of the molecule is Cc1cc(Cn2nnn(-c3ccc(C(C)C)cc3)c2=O)cc(C)c1OC(C)(C)C(=O)O. The Kier molecular flexibility index (Phi) is 6.01. The first-order valence-corrected chi connectivity index (χ1v) is 10.2. The summed E-state index contributed by atoms with van der Waals surface area (Å²) in [5.74, 6) is -0.113. The number of aromatic nitrogens is 4. The average Bonchev–Trinajstić information content (AvgIpc) is 3.05. The molecule has 0 fully saturated rings. The number of carboxylic acids is 1. The maximum absolute atomic E-state index is 12.8. The second kappa shape index (κ2) is 8.37. The lowest BCUT2D eigenvalue weighted by molar-refractivity contribution is -0.152. The number of tetrazole rings is 1. The molecular weight excluding hydrogens is 396 g/mol. The Labute approximate surface area is 181 Å². The van der Waals surface area contributed by atoms with Gasteiger partial charge in [-0.15, -0.1) is 0 Å². The number of ether oxygens (including phenoxy) is 1. The molecule has 3 aromatic rings. The first kappa shape index (κ1) is 22.3. The van der Waals surface area contributed by atoms with Crippen molar-refractivity contribution in [1.82, 2.24) is 19.8 Å². The van der Waals surface area contributed by atoms with E-state index in [0.29, 0.717) is 17.4 Å². The third kappa shape index (κ3) is 4.68. The Morgan fingerprint density at radius 1 is 1.10 bits per heavy atom. The second-order valence-electron chi connectivity index (χ2n) is 8.55. The van der Waals surface area contributed by atoms with Gasteiger partial charge in [0.05, 0.1) is 12.2 Å². The van der Waals surface area contributed by atoms with Gasteiger partial charge in [0.25, 0.3) is 0 Å². The normalized spacial score (nSPS) is 11.7. The van der Waals surface area contributed by atoms with Crippen molar-refractivity contribution in [2.45, 2.75) is 59.6 Å². The van der Waals surface area contributed by atoms with Crippen molar-refractivity contribution >= 4 is 5.97 Å². The van der Waals surface area contributed by atoms with Crippen LogP contribution in [0.5, 0.6) is 5.75 Å². The van der Waals surface area contributed by atoms with E-state index in [2.05, 4.69) is 24.3 Å². The number of carboxylic acid groups (broad SMARTS) is 1. The Hall–Kier alpha value is -3.42. The third-order valence-corrected chi connectivity index (χ3v) is 5.17. The molecule has 0 aliphatic carbocycles. The number of aryl methyl sites for hydroxylation is 2. The van der Waals surface area contributed by atoms with E-state index in [0.717, 1.165) is 16.7 Å². The van der Waals surface area contributed by atoms with Crippen LogP contribution in [0.2, 0.25) is 0 Å². The fourth-order valence-electron chi connectivity index (χ4n) is 3.30. The van der Waals surface area contributed by atoms with Crippen LogP contribution in [0.1, 0.15) is 55.9 Å². The molecule has 8 heteroatoms. The van der Waals surface area contributed by atoms with E-state index < -0.39 is 11.6 Å². The topological polar surface area (TPSA) is 99.2 Å². The van der Waals surface area contributed by atoms with Crippen LogP contribution in [-0.4, -0.2) is 36.5 Å². The molecule has 31 heavy (non-hydrogen) atoms. The van der Waals surface area contributed by atoms with Crippen LogP contribution in [0.25, 0.3) is 5.69 Å². The van der Waals surface area contributed by atoms with Gasteiger partial charge < -0.3 is 9.84 Å². The molecule has 1 heterocycles. The van der Waals surface area contributed by atoms with E-state index in [1.54, 1.807) is 0 Å². The Morgan fingerprint density at radius 3 is 2.19 bits per heavy atom. The molecule has 3 rings (SSSR count). The van der Waals surface area contributed by atoms with Crippen molar-refractivity contribution in [3.05, 3.63) is 69.1 Å². The molecular formula is C23H28N4O4. The number of benzene rings is 2. The molecule has 0 radical (unpaired) electrons. The molecule has 164 valence electrons. The summed E-state index contributed by atoms with van der Waals surface area (Å²) in [6.45, 7) is 11.2. The molecule has 0 aliphatic heterocycles. The molecule has 8 nitrogen and oxygen atoms in total. The van der Waals surface area contributed by atoms with Gasteiger partial charge in [0, 0.05) is 0 Å². The molecule has 1 aromatic heterocycles. The molecule has 2 aromatic carbocycles. The Morgan fingerprint density at radius 2 is 1.68 bits per heavy atom. The molecule has 0 spiro atoms. The average molecular weight is 425 g/mol. The molecule has 0 amide bonds. The lowest BCUT2D eigenvalue weighted by atomic mass is 10.0. The Balaban J connectivity index is 1.85. The summed E-state index contributed by atoms with van der Waals surface area (Å²) in [4.78, 5) is 24.2. The van der Waals surface area contributed by atoms with Gasteiger partial charge in [-0.3, -0.25) is 0 Å². The molecule has 0 atom stereocenters. The number of rotatable bonds is 7. The molecule has 0 saturated heterocycles. The van der Waals surface area contributed by atoms with E-state index in [4.69, 9.17) is 4.74 Å². The lowest BCUT2D eigenvalue weighted by Crippen LogP contribution is -2.38. The minimum atomic E-state index is -1.35. The van der Waals surface area contributed by atoms with E-state index in [1.165, 1.54) is 28.8 Å². The minimum Gasteiger partial charge on any atom is -0.478 e. The molecule has 0 saturated carbocycles. The summed E-state index contributed by atoms with van der Waals surface area (Å²) >= 11 is 0. The zero-order chi connectivity index (χ0) is 22.9. The molecule has 1 N–H and O–H groups in total. The van der Waals surface area contributed by atoms with Crippen molar-refractivity contribution in [3.63, 3.8) is 0 Å². The zero-order valence-electron chi connectivity index (χ0n) is 18.7. The van der Waals surface area contributed by atoms with Crippen molar-refractivity contribution in [2.75, 3.05) is 0 Å². The summed E-state index contributed by atoms with van der Waals surface area (Å²) < 4.78 is 8.31. The predicted octanol–water partition coefficient (Wildman–Crippen LogP) is 3.46. The maximum Gasteiger partial charge on any atom is 0.368 e. The summed E-state index contributed by atoms with van der Waals surface area (Å²) in [5.41, 5.74) is 2.58. The van der Waals surface area contributed by atoms with E-state index >= 15 is 0 Å². The first-order chi connectivity index (χ1) is 14.5. The fourth-order valence-corrected chi connectivity index (χ4v) is 3.30.